The summed E-state index contributed by atoms with van der Waals surface area (Å²) in [5.41, 5.74) is 1.96. The number of nitrogens with zero attached hydrogens (tertiary/aromatic N) is 1. The largest absolute Gasteiger partial charge is 0.356 e. The molecule has 24 heavy (non-hydrogen) atoms. The molecule has 1 amide bonds. The van der Waals surface area contributed by atoms with Gasteiger partial charge in [0.05, 0.1) is 0 Å². The summed E-state index contributed by atoms with van der Waals surface area (Å²) in [4.78, 5) is 16.2. The van der Waals surface area contributed by atoms with E-state index in [0.717, 1.165) is 36.1 Å². The van der Waals surface area contributed by atoms with Gasteiger partial charge in [0.2, 0.25) is 5.91 Å². The number of carbonyl (C=O) groups excluding carboxylic acids is 1. The fourth-order valence-electron chi connectivity index (χ4n) is 2.18. The van der Waals surface area contributed by atoms with Crippen molar-refractivity contribution < 1.29 is 4.79 Å². The van der Waals surface area contributed by atoms with Crippen molar-refractivity contribution in [1.82, 2.24) is 10.6 Å². The van der Waals surface area contributed by atoms with E-state index in [2.05, 4.69) is 20.9 Å². The number of hydrogen-bond donors (Lipinski definition) is 3. The van der Waals surface area contributed by atoms with Gasteiger partial charge in [-0.3, -0.25) is 9.79 Å². The van der Waals surface area contributed by atoms with Gasteiger partial charge in [-0.25, -0.2) is 0 Å². The molecule has 1 aliphatic rings. The van der Waals surface area contributed by atoms with Crippen LogP contribution in [0.2, 0.25) is 0 Å². The molecular weight excluding hydrogens is 415 g/mol. The van der Waals surface area contributed by atoms with Crippen LogP contribution in [0.1, 0.15) is 38.7 Å². The monoisotopic (exact) mass is 444 g/mol. The van der Waals surface area contributed by atoms with Crippen LogP contribution in [0.5, 0.6) is 0 Å². The molecule has 1 saturated carbocycles. The van der Waals surface area contributed by atoms with E-state index in [-0.39, 0.29) is 35.8 Å². The average molecular weight is 444 g/mol. The SMILES string of the molecule is CCC(C)C(=O)Nc1cccc(CNC(=NC)NCC2CC2)c1.I. The molecule has 1 fully saturated rings. The molecular formula is C18H29IN4O. The van der Waals surface area contributed by atoms with Crippen molar-refractivity contribution in [3.63, 3.8) is 0 Å². The van der Waals surface area contributed by atoms with Crippen molar-refractivity contribution in [2.45, 2.75) is 39.7 Å². The predicted octanol–water partition coefficient (Wildman–Crippen LogP) is 3.36. The molecule has 3 N–H and O–H groups in total. The molecule has 2 rings (SSSR count). The van der Waals surface area contributed by atoms with E-state index >= 15 is 0 Å². The van der Waals surface area contributed by atoms with Crippen LogP contribution in [0.4, 0.5) is 5.69 Å². The maximum atomic E-state index is 12.0. The highest BCUT2D eigenvalue weighted by Crippen LogP contribution is 2.27. The molecule has 1 aromatic rings. The third-order valence-corrected chi connectivity index (χ3v) is 4.19. The highest BCUT2D eigenvalue weighted by molar-refractivity contribution is 14.0. The summed E-state index contributed by atoms with van der Waals surface area (Å²) in [5.74, 6) is 1.74. The second kappa shape index (κ2) is 10.5. The molecule has 0 spiro atoms. The van der Waals surface area contributed by atoms with Crippen LogP contribution in [-0.2, 0) is 11.3 Å². The summed E-state index contributed by atoms with van der Waals surface area (Å²) in [6.45, 7) is 5.63. The van der Waals surface area contributed by atoms with Gasteiger partial charge in [-0.05, 0) is 42.9 Å². The first-order chi connectivity index (χ1) is 11.1. The number of carbonyl (C=O) groups is 1. The summed E-state index contributed by atoms with van der Waals surface area (Å²) < 4.78 is 0. The third kappa shape index (κ3) is 7.07. The van der Waals surface area contributed by atoms with Crippen molar-refractivity contribution in [2.24, 2.45) is 16.8 Å². The quantitative estimate of drug-likeness (QED) is 0.343. The number of rotatable bonds is 7. The first-order valence-electron chi connectivity index (χ1n) is 8.46. The standard InChI is InChI=1S/C18H28N4O.HI/c1-4-13(2)17(23)22-16-7-5-6-15(10-16)12-21-18(19-3)20-11-14-8-9-14;/h5-7,10,13-14H,4,8-9,11-12H2,1-3H3,(H,22,23)(H2,19,20,21);1H. The number of amides is 1. The lowest BCUT2D eigenvalue weighted by atomic mass is 10.1. The van der Waals surface area contributed by atoms with Crippen LogP contribution in [-0.4, -0.2) is 25.5 Å². The molecule has 0 aliphatic heterocycles. The highest BCUT2D eigenvalue weighted by atomic mass is 127. The minimum Gasteiger partial charge on any atom is -0.356 e. The lowest BCUT2D eigenvalue weighted by molar-refractivity contribution is -0.119. The molecule has 0 saturated heterocycles. The summed E-state index contributed by atoms with van der Waals surface area (Å²) in [5, 5.41) is 9.62. The number of guanidine groups is 1. The summed E-state index contributed by atoms with van der Waals surface area (Å²) in [6.07, 6.45) is 3.49. The summed E-state index contributed by atoms with van der Waals surface area (Å²) in [7, 11) is 1.78. The number of anilines is 1. The third-order valence-electron chi connectivity index (χ3n) is 4.19. The van der Waals surface area contributed by atoms with Crippen LogP contribution in [0.25, 0.3) is 0 Å². The predicted molar refractivity (Wildman–Crippen MR) is 111 cm³/mol. The van der Waals surface area contributed by atoms with E-state index in [0.29, 0.717) is 6.54 Å². The normalized spacial score (nSPS) is 15.2. The minimum atomic E-state index is 0. The lowest BCUT2D eigenvalue weighted by Crippen LogP contribution is -2.37. The van der Waals surface area contributed by atoms with Gasteiger partial charge in [0, 0.05) is 31.7 Å². The maximum Gasteiger partial charge on any atom is 0.227 e. The van der Waals surface area contributed by atoms with E-state index in [1.54, 1.807) is 7.05 Å². The second-order valence-electron chi connectivity index (χ2n) is 6.25. The average Bonchev–Trinajstić information content (AvgIpc) is 3.39. The van der Waals surface area contributed by atoms with Gasteiger partial charge in [0.1, 0.15) is 0 Å². The first kappa shape index (κ1) is 20.7. The molecule has 1 atom stereocenters. The minimum absolute atomic E-state index is 0. The Balaban J connectivity index is 0.00000288. The molecule has 0 aromatic heterocycles. The van der Waals surface area contributed by atoms with E-state index < -0.39 is 0 Å². The Bertz CT molecular complexity index is 558. The number of aliphatic imine (C=N–C) groups is 1. The molecule has 5 nitrogen and oxygen atoms in total. The van der Waals surface area contributed by atoms with Gasteiger partial charge >= 0.3 is 0 Å². The Morgan fingerprint density at radius 1 is 1.33 bits per heavy atom. The highest BCUT2D eigenvalue weighted by Gasteiger charge is 2.21. The molecule has 0 bridgehead atoms. The van der Waals surface area contributed by atoms with Gasteiger partial charge in [0.25, 0.3) is 0 Å². The van der Waals surface area contributed by atoms with Crippen molar-refractivity contribution in [3.05, 3.63) is 29.8 Å². The Hall–Kier alpha value is -1.31. The van der Waals surface area contributed by atoms with Crippen LogP contribution in [0.3, 0.4) is 0 Å². The van der Waals surface area contributed by atoms with Crippen molar-refractivity contribution >= 4 is 41.5 Å². The van der Waals surface area contributed by atoms with E-state index in [1.165, 1.54) is 12.8 Å². The first-order valence-corrected chi connectivity index (χ1v) is 8.46. The smallest absolute Gasteiger partial charge is 0.227 e. The van der Waals surface area contributed by atoms with Crippen LogP contribution < -0.4 is 16.0 Å². The van der Waals surface area contributed by atoms with Crippen LogP contribution in [0, 0.1) is 11.8 Å². The van der Waals surface area contributed by atoms with Crippen LogP contribution >= 0.6 is 24.0 Å². The Labute approximate surface area is 162 Å². The van der Waals surface area contributed by atoms with Crippen LogP contribution in [0.15, 0.2) is 29.3 Å². The van der Waals surface area contributed by atoms with Gasteiger partial charge in [-0.15, -0.1) is 24.0 Å². The maximum absolute atomic E-state index is 12.0. The van der Waals surface area contributed by atoms with Crippen molar-refractivity contribution in [3.8, 4) is 0 Å². The van der Waals surface area contributed by atoms with E-state index in [4.69, 9.17) is 0 Å². The topological polar surface area (TPSA) is 65.5 Å². The second-order valence-corrected chi connectivity index (χ2v) is 6.25. The van der Waals surface area contributed by atoms with E-state index in [1.807, 2.05) is 38.1 Å². The zero-order chi connectivity index (χ0) is 16.7. The molecule has 1 aromatic carbocycles. The summed E-state index contributed by atoms with van der Waals surface area (Å²) >= 11 is 0. The van der Waals surface area contributed by atoms with E-state index in [9.17, 15) is 4.79 Å². The molecule has 134 valence electrons. The zero-order valence-electron chi connectivity index (χ0n) is 14.8. The molecule has 1 unspecified atom stereocenters. The van der Waals surface area contributed by atoms with Gasteiger partial charge in [-0.2, -0.15) is 0 Å². The molecule has 6 heteroatoms. The number of nitrogens with one attached hydrogen (secondary N) is 3. The molecule has 0 heterocycles. The number of hydrogen-bond acceptors (Lipinski definition) is 2. The zero-order valence-corrected chi connectivity index (χ0v) is 17.1. The van der Waals surface area contributed by atoms with Crippen molar-refractivity contribution in [2.75, 3.05) is 18.9 Å². The summed E-state index contributed by atoms with van der Waals surface area (Å²) in [6, 6.07) is 7.93. The van der Waals surface area contributed by atoms with Gasteiger partial charge < -0.3 is 16.0 Å². The number of benzene rings is 1. The lowest BCUT2D eigenvalue weighted by Gasteiger charge is -2.13. The molecule has 0 radical (unpaired) electrons. The van der Waals surface area contributed by atoms with Gasteiger partial charge in [-0.1, -0.05) is 26.0 Å². The van der Waals surface area contributed by atoms with Gasteiger partial charge in [0.15, 0.2) is 5.96 Å². The molecule has 1 aliphatic carbocycles. The fourth-order valence-corrected chi connectivity index (χ4v) is 2.18. The Morgan fingerprint density at radius 3 is 2.71 bits per heavy atom. The Morgan fingerprint density at radius 2 is 2.08 bits per heavy atom. The fraction of sp³-hybridized carbons (Fsp3) is 0.556. The van der Waals surface area contributed by atoms with Crippen molar-refractivity contribution in [1.29, 1.82) is 0 Å². The Kier molecular flexibility index (Phi) is 9.10. The number of halogens is 1.